The van der Waals surface area contributed by atoms with Crippen LogP contribution in [0.2, 0.25) is 0 Å². The predicted molar refractivity (Wildman–Crippen MR) is 108 cm³/mol. The summed E-state index contributed by atoms with van der Waals surface area (Å²) >= 11 is 0. The quantitative estimate of drug-likeness (QED) is 0.810. The molecule has 2 aromatic rings. The molecule has 2 aromatic carbocycles. The van der Waals surface area contributed by atoms with Crippen LogP contribution in [0, 0.1) is 0 Å². The van der Waals surface area contributed by atoms with E-state index in [-0.39, 0.29) is 18.5 Å². The van der Waals surface area contributed by atoms with Gasteiger partial charge < -0.3 is 15.0 Å². The molecule has 7 nitrogen and oxygen atoms in total. The topological polar surface area (TPSA) is 79.0 Å². The van der Waals surface area contributed by atoms with E-state index in [2.05, 4.69) is 5.32 Å². The maximum atomic E-state index is 13.1. The summed E-state index contributed by atoms with van der Waals surface area (Å²) < 4.78 is 5.15. The van der Waals surface area contributed by atoms with E-state index < -0.39 is 17.5 Å². The second-order valence-electron chi connectivity index (χ2n) is 7.62. The third kappa shape index (κ3) is 3.03. The lowest BCUT2D eigenvalue weighted by atomic mass is 9.92. The van der Waals surface area contributed by atoms with E-state index >= 15 is 0 Å². The van der Waals surface area contributed by atoms with Crippen LogP contribution >= 0.6 is 0 Å². The van der Waals surface area contributed by atoms with E-state index in [0.717, 1.165) is 22.6 Å². The van der Waals surface area contributed by atoms with Crippen molar-refractivity contribution in [1.29, 1.82) is 0 Å². The standard InChI is InChI=1S/C22H23N3O4/c1-14-12-15-6-4-5-7-18(15)25(14)19(26)13-24-20(27)22(2,23-21(24)28)16-8-10-17(29-3)11-9-16/h4-11,14H,12-13H2,1-3H3,(H,23,28)/t14-,22-/m0/s1. The van der Waals surface area contributed by atoms with E-state index in [0.29, 0.717) is 11.3 Å². The first-order valence-corrected chi connectivity index (χ1v) is 9.54. The van der Waals surface area contributed by atoms with Gasteiger partial charge in [0.15, 0.2) is 0 Å². The summed E-state index contributed by atoms with van der Waals surface area (Å²) in [6.45, 7) is 3.31. The fraction of sp³-hybridized carbons (Fsp3) is 0.318. The van der Waals surface area contributed by atoms with Crippen molar-refractivity contribution >= 4 is 23.5 Å². The number of rotatable bonds is 4. The van der Waals surface area contributed by atoms with Crippen LogP contribution in [0.4, 0.5) is 10.5 Å². The highest BCUT2D eigenvalue weighted by Gasteiger charge is 2.50. The number of hydrogen-bond acceptors (Lipinski definition) is 4. The highest BCUT2D eigenvalue weighted by Crippen LogP contribution is 2.33. The van der Waals surface area contributed by atoms with Gasteiger partial charge in [-0.05, 0) is 49.6 Å². The van der Waals surface area contributed by atoms with Crippen molar-refractivity contribution in [3.8, 4) is 5.75 Å². The summed E-state index contributed by atoms with van der Waals surface area (Å²) in [6.07, 6.45) is 0.756. The van der Waals surface area contributed by atoms with Gasteiger partial charge >= 0.3 is 6.03 Å². The van der Waals surface area contributed by atoms with Crippen LogP contribution in [0.25, 0.3) is 0 Å². The predicted octanol–water partition coefficient (Wildman–Crippen LogP) is 2.44. The molecule has 2 atom stereocenters. The smallest absolute Gasteiger partial charge is 0.325 e. The number of imide groups is 1. The molecular weight excluding hydrogens is 370 g/mol. The van der Waals surface area contributed by atoms with E-state index in [1.807, 2.05) is 31.2 Å². The Bertz CT molecular complexity index is 988. The van der Waals surface area contributed by atoms with E-state index in [4.69, 9.17) is 4.74 Å². The second kappa shape index (κ2) is 6.92. The third-order valence-electron chi connectivity index (χ3n) is 5.71. The molecular formula is C22H23N3O4. The summed E-state index contributed by atoms with van der Waals surface area (Å²) in [7, 11) is 1.56. The summed E-state index contributed by atoms with van der Waals surface area (Å²) in [5.74, 6) is -0.0612. The number of benzene rings is 2. The minimum atomic E-state index is -1.22. The Morgan fingerprint density at radius 1 is 1.17 bits per heavy atom. The van der Waals surface area contributed by atoms with Crippen molar-refractivity contribution in [3.05, 3.63) is 59.7 Å². The second-order valence-corrected chi connectivity index (χ2v) is 7.62. The van der Waals surface area contributed by atoms with Crippen molar-refractivity contribution in [2.45, 2.75) is 31.8 Å². The Kier molecular flexibility index (Phi) is 4.53. The fourth-order valence-corrected chi connectivity index (χ4v) is 4.12. The number of amides is 4. The number of para-hydroxylation sites is 1. The zero-order valence-corrected chi connectivity index (χ0v) is 16.6. The zero-order chi connectivity index (χ0) is 20.8. The van der Waals surface area contributed by atoms with Gasteiger partial charge in [-0.1, -0.05) is 30.3 Å². The van der Waals surface area contributed by atoms with Gasteiger partial charge in [-0.3, -0.25) is 14.5 Å². The molecule has 0 unspecified atom stereocenters. The summed E-state index contributed by atoms with van der Waals surface area (Å²) in [5, 5.41) is 2.74. The van der Waals surface area contributed by atoms with Crippen molar-refractivity contribution < 1.29 is 19.1 Å². The van der Waals surface area contributed by atoms with Gasteiger partial charge in [0.25, 0.3) is 5.91 Å². The molecule has 0 bridgehead atoms. The molecule has 7 heteroatoms. The number of carbonyl (C=O) groups excluding carboxylic acids is 3. The van der Waals surface area contributed by atoms with Gasteiger partial charge in [0.05, 0.1) is 7.11 Å². The van der Waals surface area contributed by atoms with Crippen LogP contribution in [0.3, 0.4) is 0 Å². The van der Waals surface area contributed by atoms with Gasteiger partial charge in [-0.25, -0.2) is 4.79 Å². The summed E-state index contributed by atoms with van der Waals surface area (Å²) in [5.41, 5.74) is 1.34. The van der Waals surface area contributed by atoms with Crippen LogP contribution in [-0.2, 0) is 21.5 Å². The third-order valence-corrected chi connectivity index (χ3v) is 5.71. The van der Waals surface area contributed by atoms with Gasteiger partial charge in [-0.2, -0.15) is 0 Å². The lowest BCUT2D eigenvalue weighted by Crippen LogP contribution is -2.46. The number of hydrogen-bond donors (Lipinski definition) is 1. The largest absolute Gasteiger partial charge is 0.497 e. The Labute approximate surface area is 169 Å². The highest BCUT2D eigenvalue weighted by atomic mass is 16.5. The summed E-state index contributed by atoms with van der Waals surface area (Å²) in [6, 6.07) is 14.1. The molecule has 2 heterocycles. The van der Waals surface area contributed by atoms with Gasteiger partial charge in [0.1, 0.15) is 17.8 Å². The fourth-order valence-electron chi connectivity index (χ4n) is 4.12. The first-order valence-electron chi connectivity index (χ1n) is 9.54. The van der Waals surface area contributed by atoms with Crippen LogP contribution in [0.15, 0.2) is 48.5 Å². The molecule has 29 heavy (non-hydrogen) atoms. The maximum Gasteiger partial charge on any atom is 0.325 e. The van der Waals surface area contributed by atoms with Crippen molar-refractivity contribution in [2.75, 3.05) is 18.6 Å². The Morgan fingerprint density at radius 2 is 1.86 bits per heavy atom. The lowest BCUT2D eigenvalue weighted by molar-refractivity contribution is -0.134. The number of anilines is 1. The normalized spacial score (nSPS) is 23.2. The maximum absolute atomic E-state index is 13.1. The number of nitrogens with one attached hydrogen (secondary N) is 1. The molecule has 0 spiro atoms. The molecule has 4 rings (SSSR count). The SMILES string of the molecule is COc1ccc([C@]2(C)NC(=O)N(CC(=O)N3c4ccccc4C[C@@H]3C)C2=O)cc1. The number of ether oxygens (including phenoxy) is 1. The molecule has 0 aliphatic carbocycles. The van der Waals surface area contributed by atoms with Crippen LogP contribution in [-0.4, -0.2) is 42.4 Å². The van der Waals surface area contributed by atoms with Crippen LogP contribution in [0.5, 0.6) is 5.75 Å². The number of methoxy groups -OCH3 is 1. The molecule has 2 aliphatic rings. The average Bonchev–Trinajstić information content (AvgIpc) is 3.16. The molecule has 0 saturated carbocycles. The molecule has 4 amide bonds. The first kappa shape index (κ1) is 19.0. The zero-order valence-electron chi connectivity index (χ0n) is 16.6. The highest BCUT2D eigenvalue weighted by molar-refractivity contribution is 6.10. The van der Waals surface area contributed by atoms with Gasteiger partial charge in [0.2, 0.25) is 5.91 Å². The molecule has 150 valence electrons. The molecule has 0 aromatic heterocycles. The average molecular weight is 393 g/mol. The molecule has 0 radical (unpaired) electrons. The van der Waals surface area contributed by atoms with Crippen molar-refractivity contribution in [1.82, 2.24) is 10.2 Å². The molecule has 1 N–H and O–H groups in total. The van der Waals surface area contributed by atoms with Crippen LogP contribution in [0.1, 0.15) is 25.0 Å². The number of nitrogens with zero attached hydrogens (tertiary/aromatic N) is 2. The number of urea groups is 1. The lowest BCUT2D eigenvalue weighted by Gasteiger charge is -2.25. The summed E-state index contributed by atoms with van der Waals surface area (Å²) in [4.78, 5) is 41.4. The number of fused-ring (bicyclic) bond motifs is 1. The Hall–Kier alpha value is -3.35. The minimum Gasteiger partial charge on any atom is -0.497 e. The van der Waals surface area contributed by atoms with Gasteiger partial charge in [-0.15, -0.1) is 0 Å². The first-order chi connectivity index (χ1) is 13.8. The molecule has 1 saturated heterocycles. The monoisotopic (exact) mass is 393 g/mol. The van der Waals surface area contributed by atoms with E-state index in [9.17, 15) is 14.4 Å². The Morgan fingerprint density at radius 3 is 2.55 bits per heavy atom. The van der Waals surface area contributed by atoms with Crippen LogP contribution < -0.4 is 15.0 Å². The molecule has 1 fully saturated rings. The van der Waals surface area contributed by atoms with E-state index in [1.165, 1.54) is 0 Å². The van der Waals surface area contributed by atoms with Crippen molar-refractivity contribution in [2.24, 2.45) is 0 Å². The van der Waals surface area contributed by atoms with Crippen molar-refractivity contribution in [3.63, 3.8) is 0 Å². The van der Waals surface area contributed by atoms with Gasteiger partial charge in [0, 0.05) is 11.7 Å². The minimum absolute atomic E-state index is 0.0198. The Balaban J connectivity index is 1.56. The van der Waals surface area contributed by atoms with E-state index in [1.54, 1.807) is 43.2 Å². The molecule has 2 aliphatic heterocycles. The number of carbonyl (C=O) groups is 3.